The van der Waals surface area contributed by atoms with Crippen LogP contribution in [-0.2, 0) is 19.1 Å². The number of hydrogen-bond acceptors (Lipinski definition) is 5. The van der Waals surface area contributed by atoms with Crippen LogP contribution in [0.3, 0.4) is 0 Å². The normalized spacial score (nSPS) is 58.0. The van der Waals surface area contributed by atoms with Crippen LogP contribution in [0.4, 0.5) is 0 Å². The van der Waals surface area contributed by atoms with E-state index in [-0.39, 0.29) is 46.4 Å². The molecule has 5 heteroatoms. The predicted octanol–water partition coefficient (Wildman–Crippen LogP) is 3.51. The third-order valence-electron chi connectivity index (χ3n) is 10.4. The highest BCUT2D eigenvalue weighted by Gasteiger charge is 2.81. The number of ether oxygens (including phenoxy) is 2. The number of epoxide rings is 1. The number of hydrogen-bond donors (Lipinski definition) is 1. The zero-order valence-corrected chi connectivity index (χ0v) is 18.9. The minimum Gasteiger partial charge on any atom is -0.462 e. The summed E-state index contributed by atoms with van der Waals surface area (Å²) in [7, 11) is 0. The monoisotopic (exact) mass is 416 g/mol. The maximum Gasteiger partial charge on any atom is 0.311 e. The van der Waals surface area contributed by atoms with Gasteiger partial charge in [0.15, 0.2) is 0 Å². The van der Waals surface area contributed by atoms with Crippen molar-refractivity contribution in [3.63, 3.8) is 0 Å². The van der Waals surface area contributed by atoms with E-state index in [1.807, 2.05) is 20.8 Å². The molecule has 1 spiro atoms. The molecule has 0 radical (unpaired) electrons. The first kappa shape index (κ1) is 19.7. The van der Waals surface area contributed by atoms with E-state index in [0.29, 0.717) is 30.0 Å². The molecule has 0 bridgehead atoms. The van der Waals surface area contributed by atoms with Crippen molar-refractivity contribution in [3.05, 3.63) is 0 Å². The van der Waals surface area contributed by atoms with Gasteiger partial charge in [-0.25, -0.2) is 0 Å². The van der Waals surface area contributed by atoms with Gasteiger partial charge in [0.05, 0.1) is 11.5 Å². The van der Waals surface area contributed by atoms with E-state index in [4.69, 9.17) is 9.47 Å². The molecule has 5 saturated carbocycles. The van der Waals surface area contributed by atoms with Crippen LogP contribution in [0.25, 0.3) is 0 Å². The summed E-state index contributed by atoms with van der Waals surface area (Å²) < 4.78 is 12.3. The van der Waals surface area contributed by atoms with E-state index in [1.54, 1.807) is 0 Å². The Bertz CT molecular complexity index is 830. The molecule has 0 aromatic rings. The molecular formula is C25H36O5. The maximum absolute atomic E-state index is 13.0. The van der Waals surface area contributed by atoms with Crippen molar-refractivity contribution in [2.45, 2.75) is 97.1 Å². The first-order valence-corrected chi connectivity index (χ1v) is 12.1. The van der Waals surface area contributed by atoms with Crippen molar-refractivity contribution in [1.82, 2.24) is 0 Å². The summed E-state index contributed by atoms with van der Waals surface area (Å²) in [6.45, 7) is 10.2. The largest absolute Gasteiger partial charge is 0.462 e. The number of carbonyl (C=O) groups excluding carboxylic acids is 2. The Labute approximate surface area is 179 Å². The van der Waals surface area contributed by atoms with Gasteiger partial charge >= 0.3 is 5.97 Å². The Balaban J connectivity index is 1.29. The number of fused-ring (bicyclic) bond motifs is 6. The number of aliphatic hydroxyl groups is 1. The number of rotatable bonds is 1. The van der Waals surface area contributed by atoms with Gasteiger partial charge in [-0.2, -0.15) is 0 Å². The van der Waals surface area contributed by atoms with Crippen LogP contribution in [0.5, 0.6) is 0 Å². The fraction of sp³-hybridized carbons (Fsp3) is 0.920. The van der Waals surface area contributed by atoms with E-state index in [9.17, 15) is 14.7 Å². The Morgan fingerprint density at radius 1 is 1.20 bits per heavy atom. The summed E-state index contributed by atoms with van der Waals surface area (Å²) in [6, 6.07) is 0. The molecule has 1 N–H and O–H groups in total. The molecule has 1 saturated heterocycles. The molecule has 0 aromatic carbocycles. The fourth-order valence-electron chi connectivity index (χ4n) is 8.70. The molecule has 5 nitrogen and oxygen atoms in total. The highest BCUT2D eigenvalue weighted by molar-refractivity contribution is 5.92. The second kappa shape index (κ2) is 5.51. The standard InChI is InChI=1S/C25H36O5/c1-22(2,3)21(28)29-12-6-9-24(5)15-7-8-23(4)17(13-10-14(13)19(23)27)16(15)18(26)20-25(24,11-12)30-20/h12-18,20,26H,6-11H2,1-5H3/t12-,13+,14-,15-,16+,17-,18+,20+,23-,24+,25+/m0/s1. The molecule has 0 aromatic heterocycles. The number of Topliss-reactive ketones (excluding diaryl/α,β-unsaturated/α-hetero) is 1. The van der Waals surface area contributed by atoms with Gasteiger partial charge in [-0.3, -0.25) is 9.59 Å². The molecule has 0 unspecified atom stereocenters. The quantitative estimate of drug-likeness (QED) is 0.523. The van der Waals surface area contributed by atoms with Gasteiger partial charge in [0.1, 0.15) is 23.6 Å². The predicted molar refractivity (Wildman–Crippen MR) is 109 cm³/mol. The van der Waals surface area contributed by atoms with Crippen molar-refractivity contribution in [1.29, 1.82) is 0 Å². The lowest BCUT2D eigenvalue weighted by atomic mass is 9.43. The Kier molecular flexibility index (Phi) is 3.62. The zero-order chi connectivity index (χ0) is 21.4. The van der Waals surface area contributed by atoms with E-state index >= 15 is 0 Å². The van der Waals surface area contributed by atoms with Gasteiger partial charge in [-0.05, 0) is 76.5 Å². The molecule has 11 atom stereocenters. The van der Waals surface area contributed by atoms with Gasteiger partial charge in [0.2, 0.25) is 0 Å². The summed E-state index contributed by atoms with van der Waals surface area (Å²) in [5.74, 6) is 1.94. The molecule has 1 heterocycles. The van der Waals surface area contributed by atoms with Crippen LogP contribution in [0.15, 0.2) is 0 Å². The third-order valence-corrected chi connectivity index (χ3v) is 10.4. The Morgan fingerprint density at radius 3 is 2.63 bits per heavy atom. The summed E-state index contributed by atoms with van der Waals surface area (Å²) >= 11 is 0. The van der Waals surface area contributed by atoms with Gasteiger partial charge in [-0.1, -0.05) is 13.8 Å². The van der Waals surface area contributed by atoms with Gasteiger partial charge in [0.25, 0.3) is 0 Å². The summed E-state index contributed by atoms with van der Waals surface area (Å²) in [4.78, 5) is 25.5. The average molecular weight is 417 g/mol. The van der Waals surface area contributed by atoms with Crippen LogP contribution in [0.1, 0.15) is 73.1 Å². The second-order valence-electron chi connectivity index (χ2n) is 12.9. The lowest BCUT2D eigenvalue weighted by molar-refractivity contribution is -0.174. The van der Waals surface area contributed by atoms with E-state index < -0.39 is 11.5 Å². The topological polar surface area (TPSA) is 76.1 Å². The van der Waals surface area contributed by atoms with Crippen LogP contribution < -0.4 is 0 Å². The van der Waals surface area contributed by atoms with Crippen molar-refractivity contribution >= 4 is 11.8 Å². The highest BCUT2D eigenvalue weighted by atomic mass is 16.6. The van der Waals surface area contributed by atoms with Crippen molar-refractivity contribution in [2.75, 3.05) is 0 Å². The van der Waals surface area contributed by atoms with E-state index in [2.05, 4.69) is 13.8 Å². The number of carbonyl (C=O) groups is 2. The number of ketones is 1. The van der Waals surface area contributed by atoms with E-state index in [0.717, 1.165) is 32.1 Å². The molecule has 5 aliphatic carbocycles. The average Bonchev–Trinajstić information content (AvgIpc) is 3.56. The first-order valence-electron chi connectivity index (χ1n) is 12.1. The van der Waals surface area contributed by atoms with Crippen molar-refractivity contribution < 1.29 is 24.2 Å². The minimum absolute atomic E-state index is 0.0104. The third kappa shape index (κ3) is 2.17. The summed E-state index contributed by atoms with van der Waals surface area (Å²) in [5, 5.41) is 11.5. The Morgan fingerprint density at radius 2 is 1.93 bits per heavy atom. The van der Waals surface area contributed by atoms with Crippen LogP contribution in [-0.4, -0.2) is 40.8 Å². The molecule has 0 amide bonds. The van der Waals surface area contributed by atoms with Crippen LogP contribution in [0.2, 0.25) is 0 Å². The SMILES string of the molecule is CC(C)(C)C(=O)O[C@H]1CC[C@]2(C)[C@H]3CC[C@]4(C)C(=O)[C@H]5C[C@H]5[C@H]4[C@@H]3[C@@H](O)[C@H]3O[C@]32C1. The van der Waals surface area contributed by atoms with Gasteiger partial charge in [-0.15, -0.1) is 0 Å². The first-order chi connectivity index (χ1) is 13.9. The highest BCUT2D eigenvalue weighted by Crippen LogP contribution is 2.76. The van der Waals surface area contributed by atoms with Crippen LogP contribution >= 0.6 is 0 Å². The lowest BCUT2D eigenvalue weighted by Crippen LogP contribution is -2.63. The van der Waals surface area contributed by atoms with Crippen LogP contribution in [0, 0.1) is 45.8 Å². The van der Waals surface area contributed by atoms with Crippen molar-refractivity contribution in [3.8, 4) is 0 Å². The Hall–Kier alpha value is -0.940. The molecule has 6 fully saturated rings. The van der Waals surface area contributed by atoms with Gasteiger partial charge < -0.3 is 14.6 Å². The molecule has 6 aliphatic rings. The molecule has 166 valence electrons. The minimum atomic E-state index is -0.511. The molecular weight excluding hydrogens is 380 g/mol. The maximum atomic E-state index is 13.0. The van der Waals surface area contributed by atoms with Crippen molar-refractivity contribution in [2.24, 2.45) is 45.8 Å². The lowest BCUT2D eigenvalue weighted by Gasteiger charge is -2.59. The summed E-state index contributed by atoms with van der Waals surface area (Å²) in [5.41, 5.74) is -1.12. The second-order valence-corrected chi connectivity index (χ2v) is 12.9. The number of aliphatic hydroxyl groups excluding tert-OH is 1. The molecule has 6 rings (SSSR count). The van der Waals surface area contributed by atoms with Gasteiger partial charge in [0, 0.05) is 23.2 Å². The van der Waals surface area contributed by atoms with E-state index in [1.165, 1.54) is 0 Å². The smallest absolute Gasteiger partial charge is 0.311 e. The zero-order valence-electron chi connectivity index (χ0n) is 18.9. The number of esters is 1. The fourth-order valence-corrected chi connectivity index (χ4v) is 8.70. The molecule has 1 aliphatic heterocycles. The summed E-state index contributed by atoms with van der Waals surface area (Å²) in [6.07, 6.45) is 4.71. The molecule has 30 heavy (non-hydrogen) atoms.